The average Bonchev–Trinajstić information content (AvgIpc) is 2.38. The first kappa shape index (κ1) is 13.9. The van der Waals surface area contributed by atoms with Gasteiger partial charge in [-0.05, 0) is 19.1 Å². The molecule has 0 aliphatic rings. The summed E-state index contributed by atoms with van der Waals surface area (Å²) in [6.07, 6.45) is -0.995. The van der Waals surface area contributed by atoms with Gasteiger partial charge in [-0.25, -0.2) is 9.59 Å². The van der Waals surface area contributed by atoms with Crippen LogP contribution in [0.5, 0.6) is 0 Å². The molecule has 0 spiro atoms. The number of para-hydroxylation sites is 1. The summed E-state index contributed by atoms with van der Waals surface area (Å²) in [6, 6.07) is 10.6. The third kappa shape index (κ3) is 4.03. The van der Waals surface area contributed by atoms with Crippen LogP contribution >= 0.6 is 0 Å². The Morgan fingerprint density at radius 3 is 2.50 bits per heavy atom. The van der Waals surface area contributed by atoms with E-state index in [1.807, 2.05) is 18.2 Å². The van der Waals surface area contributed by atoms with Crippen LogP contribution in [0.25, 0.3) is 11.0 Å². The minimum Gasteiger partial charge on any atom is -0.467 e. The first-order valence-corrected chi connectivity index (χ1v) is 5.29. The highest BCUT2D eigenvalue weighted by molar-refractivity contribution is 5.75. The molecule has 96 valence electrons. The molecule has 0 aliphatic carbocycles. The summed E-state index contributed by atoms with van der Waals surface area (Å²) in [6.45, 7) is 1.35. The number of benzene rings is 1. The van der Waals surface area contributed by atoms with Crippen molar-refractivity contribution in [2.75, 3.05) is 7.11 Å². The van der Waals surface area contributed by atoms with Crippen LogP contribution in [0.3, 0.4) is 0 Å². The zero-order valence-electron chi connectivity index (χ0n) is 10.1. The number of esters is 1. The van der Waals surface area contributed by atoms with Crippen LogP contribution in [0, 0.1) is 0 Å². The van der Waals surface area contributed by atoms with Crippen molar-refractivity contribution in [3.05, 3.63) is 46.8 Å². The molecule has 1 aromatic heterocycles. The van der Waals surface area contributed by atoms with Gasteiger partial charge in [0.2, 0.25) is 0 Å². The molecule has 5 nitrogen and oxygen atoms in total. The molecule has 0 fully saturated rings. The number of hydrogen-bond acceptors (Lipinski definition) is 5. The Balaban J connectivity index is 0.000000203. The molecule has 1 atom stereocenters. The van der Waals surface area contributed by atoms with Crippen LogP contribution in [0.2, 0.25) is 0 Å². The number of rotatable bonds is 1. The number of hydrogen-bond donors (Lipinski definition) is 1. The van der Waals surface area contributed by atoms with Gasteiger partial charge >= 0.3 is 11.6 Å². The minimum atomic E-state index is -0.995. The number of methoxy groups -OCH3 is 1. The number of carbonyl (C=O) groups is 1. The van der Waals surface area contributed by atoms with Crippen molar-refractivity contribution in [3.8, 4) is 0 Å². The molecule has 0 bridgehead atoms. The highest BCUT2D eigenvalue weighted by atomic mass is 16.5. The quantitative estimate of drug-likeness (QED) is 0.610. The smallest absolute Gasteiger partial charge is 0.336 e. The lowest BCUT2D eigenvalue weighted by Crippen LogP contribution is -2.16. The Labute approximate surface area is 104 Å². The number of fused-ring (bicyclic) bond motifs is 1. The largest absolute Gasteiger partial charge is 0.467 e. The monoisotopic (exact) mass is 250 g/mol. The Bertz CT molecular complexity index is 571. The molecule has 0 amide bonds. The number of aliphatic hydroxyl groups is 1. The van der Waals surface area contributed by atoms with Crippen molar-refractivity contribution in [2.45, 2.75) is 13.0 Å². The normalized spacial score (nSPS) is 11.3. The van der Waals surface area contributed by atoms with E-state index in [9.17, 15) is 9.59 Å². The second-order valence-electron chi connectivity index (χ2n) is 3.49. The predicted octanol–water partition coefficient (Wildman–Crippen LogP) is 1.33. The number of aliphatic hydroxyl groups excluding tert-OH is 1. The van der Waals surface area contributed by atoms with E-state index in [-0.39, 0.29) is 5.63 Å². The second kappa shape index (κ2) is 6.56. The van der Waals surface area contributed by atoms with Gasteiger partial charge in [0, 0.05) is 11.5 Å². The van der Waals surface area contributed by atoms with Crippen LogP contribution < -0.4 is 5.63 Å². The lowest BCUT2D eigenvalue weighted by molar-refractivity contribution is -0.149. The molecular weight excluding hydrogens is 236 g/mol. The molecule has 1 N–H and O–H groups in total. The van der Waals surface area contributed by atoms with Crippen LogP contribution in [-0.4, -0.2) is 24.3 Å². The fraction of sp³-hybridized carbons (Fsp3) is 0.231. The molecule has 0 saturated heterocycles. The van der Waals surface area contributed by atoms with Crippen molar-refractivity contribution >= 4 is 16.9 Å². The van der Waals surface area contributed by atoms with E-state index in [4.69, 9.17) is 9.52 Å². The maximum atomic E-state index is 10.7. The van der Waals surface area contributed by atoms with E-state index in [0.717, 1.165) is 5.39 Å². The van der Waals surface area contributed by atoms with Gasteiger partial charge in [0.15, 0.2) is 0 Å². The van der Waals surface area contributed by atoms with Crippen LogP contribution in [0.1, 0.15) is 6.92 Å². The zero-order chi connectivity index (χ0) is 13.5. The third-order valence-corrected chi connectivity index (χ3v) is 2.07. The molecule has 2 rings (SSSR count). The summed E-state index contributed by atoms with van der Waals surface area (Å²) >= 11 is 0. The molecule has 5 heteroatoms. The summed E-state index contributed by atoms with van der Waals surface area (Å²) in [5.41, 5.74) is 0.337. The standard InChI is InChI=1S/C9H6O2.C4H8O3/c10-9-6-5-7-3-1-2-4-8(7)11-9;1-3(5)4(6)7-2/h1-6H;3,5H,1-2H3. The fourth-order valence-corrected chi connectivity index (χ4v) is 1.18. The summed E-state index contributed by atoms with van der Waals surface area (Å²) in [5.74, 6) is -0.597. The Morgan fingerprint density at radius 1 is 1.28 bits per heavy atom. The maximum Gasteiger partial charge on any atom is 0.336 e. The van der Waals surface area contributed by atoms with Gasteiger partial charge < -0.3 is 14.3 Å². The van der Waals surface area contributed by atoms with E-state index >= 15 is 0 Å². The van der Waals surface area contributed by atoms with Gasteiger partial charge in [0.1, 0.15) is 11.7 Å². The summed E-state index contributed by atoms with van der Waals surface area (Å²) in [4.78, 5) is 20.8. The van der Waals surface area contributed by atoms with Gasteiger partial charge in [-0.1, -0.05) is 18.2 Å². The molecule has 0 radical (unpaired) electrons. The highest BCUT2D eigenvalue weighted by Gasteiger charge is 2.05. The van der Waals surface area contributed by atoms with Crippen LogP contribution in [-0.2, 0) is 9.53 Å². The average molecular weight is 250 g/mol. The minimum absolute atomic E-state index is 0.302. The van der Waals surface area contributed by atoms with Gasteiger partial charge in [-0.2, -0.15) is 0 Å². The lowest BCUT2D eigenvalue weighted by Gasteiger charge is -1.97. The zero-order valence-corrected chi connectivity index (χ0v) is 10.1. The highest BCUT2D eigenvalue weighted by Crippen LogP contribution is 2.08. The van der Waals surface area contributed by atoms with E-state index in [2.05, 4.69) is 4.74 Å². The molecule has 2 aromatic rings. The number of ether oxygens (including phenoxy) is 1. The predicted molar refractivity (Wildman–Crippen MR) is 66.2 cm³/mol. The Kier molecular flexibility index (Phi) is 5.07. The lowest BCUT2D eigenvalue weighted by atomic mass is 10.2. The molecule has 1 unspecified atom stereocenters. The SMILES string of the molecule is COC(=O)C(C)O.O=c1ccc2ccccc2o1. The molecular formula is C13H14O5. The molecule has 0 aliphatic heterocycles. The molecule has 1 aromatic carbocycles. The fourth-order valence-electron chi connectivity index (χ4n) is 1.18. The second-order valence-corrected chi connectivity index (χ2v) is 3.49. The first-order valence-electron chi connectivity index (χ1n) is 5.29. The van der Waals surface area contributed by atoms with Gasteiger partial charge in [0.05, 0.1) is 7.11 Å². The summed E-state index contributed by atoms with van der Waals surface area (Å²) in [7, 11) is 1.23. The van der Waals surface area contributed by atoms with Gasteiger partial charge in [-0.15, -0.1) is 0 Å². The summed E-state index contributed by atoms with van der Waals surface area (Å²) < 4.78 is 9.03. The van der Waals surface area contributed by atoms with Crippen molar-refractivity contribution in [2.24, 2.45) is 0 Å². The Morgan fingerprint density at radius 2 is 1.94 bits per heavy atom. The van der Waals surface area contributed by atoms with E-state index in [0.29, 0.717) is 5.58 Å². The third-order valence-electron chi connectivity index (χ3n) is 2.07. The topological polar surface area (TPSA) is 76.7 Å². The van der Waals surface area contributed by atoms with E-state index in [1.165, 1.54) is 20.1 Å². The van der Waals surface area contributed by atoms with Crippen molar-refractivity contribution < 1.29 is 19.1 Å². The van der Waals surface area contributed by atoms with E-state index in [1.54, 1.807) is 12.1 Å². The maximum absolute atomic E-state index is 10.7. The van der Waals surface area contributed by atoms with E-state index < -0.39 is 12.1 Å². The van der Waals surface area contributed by atoms with Crippen LogP contribution in [0.4, 0.5) is 0 Å². The number of carbonyl (C=O) groups excluding carboxylic acids is 1. The van der Waals surface area contributed by atoms with Crippen molar-refractivity contribution in [3.63, 3.8) is 0 Å². The summed E-state index contributed by atoms with van der Waals surface area (Å²) in [5, 5.41) is 9.30. The molecule has 18 heavy (non-hydrogen) atoms. The molecule has 1 heterocycles. The van der Waals surface area contributed by atoms with Gasteiger partial charge in [-0.3, -0.25) is 0 Å². The van der Waals surface area contributed by atoms with Crippen molar-refractivity contribution in [1.29, 1.82) is 0 Å². The first-order chi connectivity index (χ1) is 8.54. The molecule has 0 saturated carbocycles. The van der Waals surface area contributed by atoms with Crippen molar-refractivity contribution in [1.82, 2.24) is 0 Å². The Hall–Kier alpha value is -2.14. The van der Waals surface area contributed by atoms with Gasteiger partial charge in [0.25, 0.3) is 0 Å². The van der Waals surface area contributed by atoms with Crippen LogP contribution in [0.15, 0.2) is 45.6 Å².